The van der Waals surface area contributed by atoms with Gasteiger partial charge in [-0.2, -0.15) is 0 Å². The number of hydrogen-bond donors (Lipinski definition) is 3. The van der Waals surface area contributed by atoms with Crippen LogP contribution in [-0.2, 0) is 14.4 Å². The van der Waals surface area contributed by atoms with Crippen molar-refractivity contribution >= 4 is 29.1 Å². The lowest BCUT2D eigenvalue weighted by atomic mass is 10.2. The molecule has 8 nitrogen and oxygen atoms in total. The maximum atomic E-state index is 12.0. The molecule has 0 aliphatic carbocycles. The average Bonchev–Trinajstić information content (AvgIpc) is 2.67. The molecule has 2 aromatic carbocycles. The Hall–Kier alpha value is -3.55. The second kappa shape index (κ2) is 8.22. The Bertz CT molecular complexity index is 854. The molecular formula is C19H19N3O5. The highest BCUT2D eigenvalue weighted by Crippen LogP contribution is 2.32. The molecule has 0 saturated carbocycles. The summed E-state index contributed by atoms with van der Waals surface area (Å²) in [5, 5.41) is 7.83. The van der Waals surface area contributed by atoms with Crippen molar-refractivity contribution in [3.05, 3.63) is 48.5 Å². The quantitative estimate of drug-likeness (QED) is 0.716. The van der Waals surface area contributed by atoms with Crippen LogP contribution in [0.25, 0.3) is 0 Å². The smallest absolute Gasteiger partial charge is 0.265 e. The van der Waals surface area contributed by atoms with Crippen LogP contribution in [0.5, 0.6) is 11.5 Å². The number of hydrogen-bond acceptors (Lipinski definition) is 5. The molecule has 0 bridgehead atoms. The van der Waals surface area contributed by atoms with Gasteiger partial charge < -0.3 is 25.4 Å². The lowest BCUT2D eigenvalue weighted by molar-refractivity contribution is -0.125. The first-order valence-corrected chi connectivity index (χ1v) is 8.37. The van der Waals surface area contributed by atoms with Crippen molar-refractivity contribution in [2.75, 3.05) is 23.8 Å². The Balaban J connectivity index is 1.46. The molecule has 0 saturated heterocycles. The second-order valence-electron chi connectivity index (χ2n) is 5.89. The van der Waals surface area contributed by atoms with Crippen LogP contribution in [-0.4, -0.2) is 37.0 Å². The summed E-state index contributed by atoms with van der Waals surface area (Å²) in [5.74, 6) is 0.0430. The van der Waals surface area contributed by atoms with Gasteiger partial charge in [-0.05, 0) is 37.3 Å². The molecule has 3 rings (SSSR count). The topological polar surface area (TPSA) is 106 Å². The molecule has 8 heteroatoms. The summed E-state index contributed by atoms with van der Waals surface area (Å²) in [4.78, 5) is 35.4. The molecule has 27 heavy (non-hydrogen) atoms. The van der Waals surface area contributed by atoms with Crippen LogP contribution in [0.4, 0.5) is 11.4 Å². The Kier molecular flexibility index (Phi) is 5.55. The lowest BCUT2D eigenvalue weighted by Gasteiger charge is -2.23. The van der Waals surface area contributed by atoms with Crippen LogP contribution in [0.3, 0.4) is 0 Å². The molecule has 1 aliphatic heterocycles. The van der Waals surface area contributed by atoms with Crippen LogP contribution in [0.15, 0.2) is 48.5 Å². The zero-order valence-electron chi connectivity index (χ0n) is 14.7. The second-order valence-corrected chi connectivity index (χ2v) is 5.89. The summed E-state index contributed by atoms with van der Waals surface area (Å²) >= 11 is 0. The van der Waals surface area contributed by atoms with Crippen LogP contribution in [0.2, 0.25) is 0 Å². The summed E-state index contributed by atoms with van der Waals surface area (Å²) < 4.78 is 10.8. The van der Waals surface area contributed by atoms with E-state index in [1.807, 2.05) is 6.07 Å². The predicted octanol–water partition coefficient (Wildman–Crippen LogP) is 1.54. The maximum Gasteiger partial charge on any atom is 0.265 e. The van der Waals surface area contributed by atoms with E-state index in [-0.39, 0.29) is 19.1 Å². The monoisotopic (exact) mass is 369 g/mol. The van der Waals surface area contributed by atoms with Gasteiger partial charge in [0.1, 0.15) is 11.5 Å². The van der Waals surface area contributed by atoms with Gasteiger partial charge in [0, 0.05) is 5.69 Å². The van der Waals surface area contributed by atoms with Gasteiger partial charge in [-0.25, -0.2) is 0 Å². The van der Waals surface area contributed by atoms with Gasteiger partial charge in [0.15, 0.2) is 12.7 Å². The molecule has 1 heterocycles. The van der Waals surface area contributed by atoms with Gasteiger partial charge in [-0.1, -0.05) is 18.2 Å². The number of nitrogens with one attached hydrogen (secondary N) is 3. The molecule has 0 radical (unpaired) electrons. The molecule has 1 aliphatic rings. The molecule has 0 spiro atoms. The highest BCUT2D eigenvalue weighted by atomic mass is 16.5. The van der Waals surface area contributed by atoms with Crippen molar-refractivity contribution in [1.82, 2.24) is 5.32 Å². The number of anilines is 2. The lowest BCUT2D eigenvalue weighted by Crippen LogP contribution is -2.36. The van der Waals surface area contributed by atoms with Gasteiger partial charge in [0.05, 0.1) is 12.2 Å². The number of ether oxygens (including phenoxy) is 2. The Labute approximate surface area is 155 Å². The van der Waals surface area contributed by atoms with Crippen LogP contribution >= 0.6 is 0 Å². The van der Waals surface area contributed by atoms with Crippen molar-refractivity contribution in [3.8, 4) is 11.5 Å². The van der Waals surface area contributed by atoms with E-state index in [1.165, 1.54) is 0 Å². The van der Waals surface area contributed by atoms with Gasteiger partial charge >= 0.3 is 0 Å². The Morgan fingerprint density at radius 2 is 1.93 bits per heavy atom. The normalized spacial score (nSPS) is 15.0. The summed E-state index contributed by atoms with van der Waals surface area (Å²) in [6.07, 6.45) is -0.564. The molecule has 1 unspecified atom stereocenters. The van der Waals surface area contributed by atoms with Crippen molar-refractivity contribution in [2.45, 2.75) is 13.0 Å². The third kappa shape index (κ3) is 4.97. The highest BCUT2D eigenvalue weighted by molar-refractivity contribution is 5.99. The summed E-state index contributed by atoms with van der Waals surface area (Å²) in [6, 6.07) is 13.8. The number of amides is 3. The standard InChI is InChI=1S/C19H19N3O5/c1-12-19(25)22-15-9-13(7-8-16(15)27-12)21-17(23)10-20-18(24)11-26-14-5-3-2-4-6-14/h2-9,12H,10-11H2,1H3,(H,20,24)(H,21,23)(H,22,25). The average molecular weight is 369 g/mol. The predicted molar refractivity (Wildman–Crippen MR) is 98.7 cm³/mol. The van der Waals surface area contributed by atoms with Gasteiger partial charge in [-0.3, -0.25) is 14.4 Å². The van der Waals surface area contributed by atoms with E-state index in [0.29, 0.717) is 22.9 Å². The number of fused-ring (bicyclic) bond motifs is 1. The summed E-state index contributed by atoms with van der Waals surface area (Å²) in [7, 11) is 0. The van der Waals surface area contributed by atoms with Crippen molar-refractivity contribution in [2.24, 2.45) is 0 Å². The molecule has 0 aromatic heterocycles. The Morgan fingerprint density at radius 1 is 1.15 bits per heavy atom. The van der Waals surface area contributed by atoms with Gasteiger partial charge in [-0.15, -0.1) is 0 Å². The van der Waals surface area contributed by atoms with Crippen molar-refractivity contribution in [1.29, 1.82) is 0 Å². The zero-order valence-corrected chi connectivity index (χ0v) is 14.7. The number of para-hydroxylation sites is 1. The van der Waals surface area contributed by atoms with Crippen LogP contribution in [0.1, 0.15) is 6.92 Å². The van der Waals surface area contributed by atoms with Crippen molar-refractivity contribution < 1.29 is 23.9 Å². The van der Waals surface area contributed by atoms with E-state index < -0.39 is 17.9 Å². The molecule has 0 fully saturated rings. The number of carbonyl (C=O) groups excluding carboxylic acids is 3. The van der Waals surface area contributed by atoms with Crippen LogP contribution in [0, 0.1) is 0 Å². The van der Waals surface area contributed by atoms with E-state index in [2.05, 4.69) is 16.0 Å². The van der Waals surface area contributed by atoms with Gasteiger partial charge in [0.25, 0.3) is 11.8 Å². The summed E-state index contributed by atoms with van der Waals surface area (Å²) in [5.41, 5.74) is 0.961. The van der Waals surface area contributed by atoms with E-state index in [0.717, 1.165) is 0 Å². The maximum absolute atomic E-state index is 12.0. The van der Waals surface area contributed by atoms with E-state index in [1.54, 1.807) is 49.4 Å². The fraction of sp³-hybridized carbons (Fsp3) is 0.211. The minimum Gasteiger partial charge on any atom is -0.484 e. The number of carbonyl (C=O) groups is 3. The number of rotatable bonds is 6. The van der Waals surface area contributed by atoms with E-state index >= 15 is 0 Å². The third-order valence-corrected chi connectivity index (χ3v) is 3.75. The van der Waals surface area contributed by atoms with Crippen molar-refractivity contribution in [3.63, 3.8) is 0 Å². The highest BCUT2D eigenvalue weighted by Gasteiger charge is 2.23. The third-order valence-electron chi connectivity index (χ3n) is 3.75. The van der Waals surface area contributed by atoms with Gasteiger partial charge in [0.2, 0.25) is 5.91 Å². The molecule has 1 atom stereocenters. The largest absolute Gasteiger partial charge is 0.484 e. The zero-order chi connectivity index (χ0) is 19.2. The van der Waals surface area contributed by atoms with E-state index in [9.17, 15) is 14.4 Å². The minimum atomic E-state index is -0.564. The fourth-order valence-corrected chi connectivity index (χ4v) is 2.39. The SMILES string of the molecule is CC1Oc2ccc(NC(=O)CNC(=O)COc3ccccc3)cc2NC1=O. The fourth-order valence-electron chi connectivity index (χ4n) is 2.39. The first-order valence-electron chi connectivity index (χ1n) is 8.37. The minimum absolute atomic E-state index is 0.183. The number of benzene rings is 2. The molecule has 3 N–H and O–H groups in total. The first kappa shape index (κ1) is 18.2. The van der Waals surface area contributed by atoms with Crippen LogP contribution < -0.4 is 25.4 Å². The Morgan fingerprint density at radius 3 is 2.70 bits per heavy atom. The summed E-state index contributed by atoms with van der Waals surface area (Å²) in [6.45, 7) is 1.27. The molecule has 140 valence electrons. The van der Waals surface area contributed by atoms with E-state index in [4.69, 9.17) is 9.47 Å². The molecular weight excluding hydrogens is 350 g/mol. The molecule has 2 aromatic rings. The first-order chi connectivity index (χ1) is 13.0. The molecule has 3 amide bonds.